The molecule has 0 heterocycles. The number of alkyl carbamates (subject to hydrolysis) is 1. The average Bonchev–Trinajstić information content (AvgIpc) is 2.72. The highest BCUT2D eigenvalue weighted by molar-refractivity contribution is 7.92. The molecule has 2 aromatic carbocycles. The Labute approximate surface area is 204 Å². The molecular formula is C28H37NO4S. The van der Waals surface area contributed by atoms with Crippen molar-refractivity contribution >= 4 is 15.9 Å². The Morgan fingerprint density at radius 1 is 1.03 bits per heavy atom. The Kier molecular flexibility index (Phi) is 7.36. The van der Waals surface area contributed by atoms with Crippen molar-refractivity contribution < 1.29 is 17.9 Å². The topological polar surface area (TPSA) is 72.5 Å². The molecule has 5 nitrogen and oxygen atoms in total. The van der Waals surface area contributed by atoms with Crippen LogP contribution in [0.2, 0.25) is 0 Å². The summed E-state index contributed by atoms with van der Waals surface area (Å²) < 4.78 is 30.8. The molecule has 0 bridgehead atoms. The molecule has 1 saturated carbocycles. The molecule has 2 unspecified atom stereocenters. The number of rotatable bonds is 7. The standard InChI is InChI=1S/C28H37NO4S/c1-28(2,3)33-27(30)29-26-15-14-22-13-12-21(16-17-34(31,32)23-10-7-11-23)18-24(22)25(26)19-20-8-5-4-6-9-20/h4-6,8-9,12-13,18,23,25-26H,7,10-11,14-17,19H2,1-3H3,(H,29,30). The number of carbonyl (C=O) groups is 1. The van der Waals surface area contributed by atoms with E-state index in [1.807, 2.05) is 39.0 Å². The SMILES string of the molecule is CC(C)(C)OC(=O)NC1CCc2ccc(CCS(=O)(=O)C3CCC3)cc2C1Cc1ccccc1. The summed E-state index contributed by atoms with van der Waals surface area (Å²) in [6.45, 7) is 5.61. The molecule has 4 rings (SSSR count). The number of sulfone groups is 1. The zero-order valence-corrected chi connectivity index (χ0v) is 21.4. The number of ether oxygens (including phenoxy) is 1. The lowest BCUT2D eigenvalue weighted by Gasteiger charge is -2.35. The molecule has 0 aliphatic heterocycles. The van der Waals surface area contributed by atoms with E-state index in [4.69, 9.17) is 4.74 Å². The molecule has 6 heteroatoms. The summed E-state index contributed by atoms with van der Waals surface area (Å²) >= 11 is 0. The minimum absolute atomic E-state index is 0.0449. The number of carbonyl (C=O) groups excluding carboxylic acids is 1. The highest BCUT2D eigenvalue weighted by Gasteiger charge is 2.33. The number of aryl methyl sites for hydroxylation is 2. The minimum Gasteiger partial charge on any atom is -0.444 e. The van der Waals surface area contributed by atoms with E-state index in [-0.39, 0.29) is 29.1 Å². The third-order valence-corrected chi connectivity index (χ3v) is 9.32. The minimum atomic E-state index is -3.02. The van der Waals surface area contributed by atoms with E-state index in [1.54, 1.807) is 0 Å². The largest absolute Gasteiger partial charge is 0.444 e. The third-order valence-electron chi connectivity index (χ3n) is 7.06. The first-order chi connectivity index (χ1) is 16.1. The summed E-state index contributed by atoms with van der Waals surface area (Å²) in [5.41, 5.74) is 4.22. The first kappa shape index (κ1) is 24.8. The monoisotopic (exact) mass is 483 g/mol. The molecule has 2 aromatic rings. The number of benzene rings is 2. The summed E-state index contributed by atoms with van der Waals surface area (Å²) in [6, 6.07) is 16.7. The van der Waals surface area contributed by atoms with Crippen molar-refractivity contribution in [3.05, 3.63) is 70.8 Å². The van der Waals surface area contributed by atoms with Crippen molar-refractivity contribution in [1.29, 1.82) is 0 Å². The fourth-order valence-corrected chi connectivity index (χ4v) is 6.92. The third kappa shape index (κ3) is 6.21. The van der Waals surface area contributed by atoms with Gasteiger partial charge in [0.15, 0.2) is 9.84 Å². The van der Waals surface area contributed by atoms with Gasteiger partial charge in [-0.2, -0.15) is 0 Å². The van der Waals surface area contributed by atoms with E-state index in [0.29, 0.717) is 6.42 Å². The predicted molar refractivity (Wildman–Crippen MR) is 136 cm³/mol. The molecule has 184 valence electrons. The molecule has 34 heavy (non-hydrogen) atoms. The second-order valence-electron chi connectivity index (χ2n) is 10.8. The summed E-state index contributed by atoms with van der Waals surface area (Å²) in [4.78, 5) is 12.6. The Hall–Kier alpha value is -2.34. The Bertz CT molecular complexity index is 1100. The molecule has 1 fully saturated rings. The van der Waals surface area contributed by atoms with Gasteiger partial charge in [0, 0.05) is 12.0 Å². The van der Waals surface area contributed by atoms with Gasteiger partial charge in [0.1, 0.15) is 5.60 Å². The van der Waals surface area contributed by atoms with Gasteiger partial charge in [-0.3, -0.25) is 0 Å². The predicted octanol–water partition coefficient (Wildman–Crippen LogP) is 5.36. The molecule has 2 aliphatic rings. The van der Waals surface area contributed by atoms with Gasteiger partial charge in [-0.15, -0.1) is 0 Å². The van der Waals surface area contributed by atoms with E-state index < -0.39 is 15.4 Å². The van der Waals surface area contributed by atoms with Gasteiger partial charge < -0.3 is 10.1 Å². The van der Waals surface area contributed by atoms with E-state index in [0.717, 1.165) is 44.1 Å². The van der Waals surface area contributed by atoms with Crippen LogP contribution in [-0.4, -0.2) is 37.2 Å². The Morgan fingerprint density at radius 2 is 1.76 bits per heavy atom. The van der Waals surface area contributed by atoms with Gasteiger partial charge in [-0.05, 0) is 81.5 Å². The molecule has 2 atom stereocenters. The van der Waals surface area contributed by atoms with Crippen LogP contribution >= 0.6 is 0 Å². The van der Waals surface area contributed by atoms with Crippen LogP contribution in [0.25, 0.3) is 0 Å². The highest BCUT2D eigenvalue weighted by atomic mass is 32.2. The van der Waals surface area contributed by atoms with E-state index in [2.05, 4.69) is 35.6 Å². The van der Waals surface area contributed by atoms with Gasteiger partial charge >= 0.3 is 6.09 Å². The van der Waals surface area contributed by atoms with Crippen molar-refractivity contribution in [3.63, 3.8) is 0 Å². The van der Waals surface area contributed by atoms with Crippen molar-refractivity contribution in [2.45, 2.75) is 88.5 Å². The van der Waals surface area contributed by atoms with Gasteiger partial charge in [0.25, 0.3) is 0 Å². The summed E-state index contributed by atoms with van der Waals surface area (Å²) in [7, 11) is -3.02. The molecule has 1 amide bonds. The summed E-state index contributed by atoms with van der Waals surface area (Å²) in [5.74, 6) is 0.307. The van der Waals surface area contributed by atoms with Crippen LogP contribution < -0.4 is 5.32 Å². The second kappa shape index (κ2) is 10.1. The quantitative estimate of drug-likeness (QED) is 0.575. The second-order valence-corrected chi connectivity index (χ2v) is 13.2. The van der Waals surface area contributed by atoms with Gasteiger partial charge in [-0.25, -0.2) is 13.2 Å². The lowest BCUT2D eigenvalue weighted by Crippen LogP contribution is -2.44. The van der Waals surface area contributed by atoms with E-state index >= 15 is 0 Å². The van der Waals surface area contributed by atoms with Crippen molar-refractivity contribution in [1.82, 2.24) is 5.32 Å². The van der Waals surface area contributed by atoms with Crippen LogP contribution in [0.4, 0.5) is 4.79 Å². The first-order valence-electron chi connectivity index (χ1n) is 12.5. The van der Waals surface area contributed by atoms with Crippen LogP contribution in [0.1, 0.15) is 74.6 Å². The lowest BCUT2D eigenvalue weighted by atomic mass is 9.75. The first-order valence-corrected chi connectivity index (χ1v) is 14.2. The fourth-order valence-electron chi connectivity index (χ4n) is 5.01. The number of hydrogen-bond donors (Lipinski definition) is 1. The molecular weight excluding hydrogens is 446 g/mol. The number of amides is 1. The lowest BCUT2D eigenvalue weighted by molar-refractivity contribution is 0.0491. The van der Waals surface area contributed by atoms with Crippen molar-refractivity contribution in [3.8, 4) is 0 Å². The van der Waals surface area contributed by atoms with Gasteiger partial charge in [0.2, 0.25) is 0 Å². The normalized spacial score (nSPS) is 20.8. The smallest absolute Gasteiger partial charge is 0.407 e. The summed E-state index contributed by atoms with van der Waals surface area (Å²) in [5, 5.41) is 3.00. The summed E-state index contributed by atoms with van der Waals surface area (Å²) in [6.07, 6.45) is 5.32. The average molecular weight is 484 g/mol. The highest BCUT2D eigenvalue weighted by Crippen LogP contribution is 2.36. The van der Waals surface area contributed by atoms with Crippen LogP contribution in [0, 0.1) is 0 Å². The van der Waals surface area contributed by atoms with Crippen LogP contribution in [-0.2, 0) is 33.8 Å². The maximum Gasteiger partial charge on any atom is 0.407 e. The maximum absolute atomic E-state index is 12.6. The van der Waals surface area contributed by atoms with Gasteiger partial charge in [-0.1, -0.05) is 55.0 Å². The van der Waals surface area contributed by atoms with E-state index in [1.165, 1.54) is 16.7 Å². The van der Waals surface area contributed by atoms with Crippen LogP contribution in [0.5, 0.6) is 0 Å². The van der Waals surface area contributed by atoms with Crippen LogP contribution in [0.15, 0.2) is 48.5 Å². The molecule has 0 spiro atoms. The zero-order chi connectivity index (χ0) is 24.3. The van der Waals surface area contributed by atoms with E-state index in [9.17, 15) is 13.2 Å². The van der Waals surface area contributed by atoms with Crippen molar-refractivity contribution in [2.24, 2.45) is 0 Å². The maximum atomic E-state index is 12.6. The Morgan fingerprint density at radius 3 is 2.41 bits per heavy atom. The number of fused-ring (bicyclic) bond motifs is 1. The van der Waals surface area contributed by atoms with Gasteiger partial charge in [0.05, 0.1) is 11.0 Å². The molecule has 2 aliphatic carbocycles. The number of hydrogen-bond acceptors (Lipinski definition) is 4. The fraction of sp³-hybridized carbons (Fsp3) is 0.536. The molecule has 1 N–H and O–H groups in total. The van der Waals surface area contributed by atoms with Crippen LogP contribution in [0.3, 0.4) is 0 Å². The molecule has 0 saturated heterocycles. The molecule has 0 aromatic heterocycles. The number of nitrogens with one attached hydrogen (secondary N) is 1. The Balaban J connectivity index is 1.56. The molecule has 0 radical (unpaired) electrons. The van der Waals surface area contributed by atoms with Crippen molar-refractivity contribution in [2.75, 3.05) is 5.75 Å². The zero-order valence-electron chi connectivity index (χ0n) is 20.5.